The van der Waals surface area contributed by atoms with E-state index in [-0.39, 0.29) is 20.9 Å². The second-order valence-electron chi connectivity index (χ2n) is 9.14. The monoisotopic (exact) mass is 614 g/mol. The smallest absolute Gasteiger partial charge is 0.287 e. The molecule has 4 nitrogen and oxygen atoms in total. The SMILES string of the molecule is CC.CC.Cc1c(-c2ccc(-c3ccc(-c4sc5c(c4C)C(=O)C(F)(F)C5=O)cc3)cc2)sc2c1C(=O)C(F)(F)C2=O. The lowest BCUT2D eigenvalue weighted by atomic mass is 9.99. The Labute approximate surface area is 248 Å². The van der Waals surface area contributed by atoms with Crippen molar-refractivity contribution in [3.05, 3.63) is 80.5 Å². The minimum absolute atomic E-state index is 0.207. The summed E-state index contributed by atoms with van der Waals surface area (Å²) in [7, 11) is 0. The summed E-state index contributed by atoms with van der Waals surface area (Å²) in [6.45, 7) is 11.1. The van der Waals surface area contributed by atoms with Crippen molar-refractivity contribution in [1.82, 2.24) is 0 Å². The minimum Gasteiger partial charge on any atom is -0.287 e. The highest BCUT2D eigenvalue weighted by Gasteiger charge is 2.58. The first-order chi connectivity index (χ1) is 19.9. The Morgan fingerprint density at radius 3 is 0.976 bits per heavy atom. The molecule has 0 radical (unpaired) electrons. The van der Waals surface area contributed by atoms with E-state index in [2.05, 4.69) is 0 Å². The number of ketones is 4. The zero-order chi connectivity index (χ0) is 31.3. The molecule has 218 valence electrons. The number of alkyl halides is 4. The maximum atomic E-state index is 13.8. The van der Waals surface area contributed by atoms with Gasteiger partial charge in [0.05, 0.1) is 9.75 Å². The number of fused-ring (bicyclic) bond motifs is 2. The van der Waals surface area contributed by atoms with Crippen molar-refractivity contribution in [3.63, 3.8) is 0 Å². The average Bonchev–Trinajstić information content (AvgIpc) is 3.63. The van der Waals surface area contributed by atoms with E-state index >= 15 is 0 Å². The topological polar surface area (TPSA) is 68.3 Å². The molecule has 2 aliphatic carbocycles. The molecule has 2 aromatic heterocycles. The standard InChI is InChI=1S/C28H14F4O4S2.2C2H6/c1-11-17-21(25(35)27(29,30)23(17)33)37-19(11)15-7-3-13(4-8-15)14-5-9-16(10-6-14)20-12(2)18-22(38-20)26(36)28(31,32)24(18)34;2*1-2/h3-10H,1-2H3;2*1-2H3. The van der Waals surface area contributed by atoms with Crippen molar-refractivity contribution in [1.29, 1.82) is 0 Å². The van der Waals surface area contributed by atoms with Crippen LogP contribution in [0.4, 0.5) is 17.6 Å². The van der Waals surface area contributed by atoms with Crippen LogP contribution < -0.4 is 0 Å². The van der Waals surface area contributed by atoms with Crippen LogP contribution in [0.15, 0.2) is 48.5 Å². The van der Waals surface area contributed by atoms with Gasteiger partial charge < -0.3 is 0 Å². The normalized spacial score (nSPS) is 16.0. The van der Waals surface area contributed by atoms with E-state index in [1.54, 1.807) is 38.1 Å². The van der Waals surface area contributed by atoms with E-state index in [4.69, 9.17) is 0 Å². The molecule has 6 rings (SSSR count). The fraction of sp³-hybridized carbons (Fsp3) is 0.250. The Morgan fingerprint density at radius 2 is 0.714 bits per heavy atom. The molecule has 2 aromatic carbocycles. The molecule has 0 unspecified atom stereocenters. The van der Waals surface area contributed by atoms with Gasteiger partial charge in [0.1, 0.15) is 0 Å². The summed E-state index contributed by atoms with van der Waals surface area (Å²) in [5.74, 6) is -13.8. The zero-order valence-corrected chi connectivity index (χ0v) is 25.2. The van der Waals surface area contributed by atoms with Crippen molar-refractivity contribution in [2.24, 2.45) is 0 Å². The first-order valence-electron chi connectivity index (χ1n) is 13.3. The molecule has 4 aromatic rings. The van der Waals surface area contributed by atoms with Gasteiger partial charge in [-0.1, -0.05) is 76.2 Å². The van der Waals surface area contributed by atoms with Crippen LogP contribution in [0, 0.1) is 13.8 Å². The van der Waals surface area contributed by atoms with Crippen LogP contribution in [0.3, 0.4) is 0 Å². The zero-order valence-electron chi connectivity index (χ0n) is 23.6. The molecular weight excluding hydrogens is 588 g/mol. The van der Waals surface area contributed by atoms with Gasteiger partial charge in [-0.3, -0.25) is 19.2 Å². The molecule has 2 heterocycles. The van der Waals surface area contributed by atoms with Gasteiger partial charge in [-0.05, 0) is 47.2 Å². The molecular formula is C32H26F4O4S2. The van der Waals surface area contributed by atoms with Crippen molar-refractivity contribution in [2.45, 2.75) is 53.4 Å². The molecule has 0 amide bonds. The van der Waals surface area contributed by atoms with Crippen LogP contribution in [-0.4, -0.2) is 35.0 Å². The highest BCUT2D eigenvalue weighted by atomic mass is 32.1. The summed E-state index contributed by atoms with van der Waals surface area (Å²) >= 11 is 1.77. The maximum Gasteiger partial charge on any atom is 0.372 e. The second-order valence-corrected chi connectivity index (χ2v) is 11.2. The number of rotatable bonds is 3. The number of Topliss-reactive ketones (excluding diaryl/α,β-unsaturated/α-hetero) is 4. The van der Waals surface area contributed by atoms with Gasteiger partial charge in [0.2, 0.25) is 11.6 Å². The molecule has 42 heavy (non-hydrogen) atoms. The van der Waals surface area contributed by atoms with E-state index in [1.807, 2.05) is 52.0 Å². The fourth-order valence-electron chi connectivity index (χ4n) is 4.88. The first kappa shape index (κ1) is 31.2. The third-order valence-electron chi connectivity index (χ3n) is 6.93. The maximum absolute atomic E-state index is 13.8. The Bertz CT molecular complexity index is 1610. The molecule has 0 saturated carbocycles. The van der Waals surface area contributed by atoms with Crippen LogP contribution >= 0.6 is 22.7 Å². The average molecular weight is 615 g/mol. The lowest BCUT2D eigenvalue weighted by Crippen LogP contribution is -2.30. The summed E-state index contributed by atoms with van der Waals surface area (Å²) in [4.78, 5) is 48.8. The first-order valence-corrected chi connectivity index (χ1v) is 14.9. The summed E-state index contributed by atoms with van der Waals surface area (Å²) in [6.07, 6.45) is 0. The van der Waals surface area contributed by atoms with Gasteiger partial charge in [-0.2, -0.15) is 17.6 Å². The second kappa shape index (κ2) is 11.1. The molecule has 0 bridgehead atoms. The number of hydrogen-bond donors (Lipinski definition) is 0. The van der Waals surface area contributed by atoms with Crippen LogP contribution in [0.5, 0.6) is 0 Å². The van der Waals surface area contributed by atoms with Gasteiger partial charge in [0.15, 0.2) is 0 Å². The van der Waals surface area contributed by atoms with Crippen molar-refractivity contribution >= 4 is 45.8 Å². The van der Waals surface area contributed by atoms with Gasteiger partial charge in [-0.15, -0.1) is 22.7 Å². The van der Waals surface area contributed by atoms with Crippen LogP contribution in [0.25, 0.3) is 32.0 Å². The summed E-state index contributed by atoms with van der Waals surface area (Å²) < 4.78 is 55.3. The van der Waals surface area contributed by atoms with Crippen LogP contribution in [-0.2, 0) is 0 Å². The Morgan fingerprint density at radius 1 is 0.452 bits per heavy atom. The van der Waals surface area contributed by atoms with E-state index in [0.717, 1.165) is 33.8 Å². The Hall–Kier alpha value is -3.76. The predicted octanol–water partition coefficient (Wildman–Crippen LogP) is 9.51. The number of thiophene rings is 2. The lowest BCUT2D eigenvalue weighted by Gasteiger charge is -2.08. The lowest BCUT2D eigenvalue weighted by molar-refractivity contribution is 0.0187. The van der Waals surface area contributed by atoms with Gasteiger partial charge >= 0.3 is 11.8 Å². The molecule has 10 heteroatoms. The number of halogens is 4. The summed E-state index contributed by atoms with van der Waals surface area (Å²) in [6, 6.07) is 14.4. The van der Waals surface area contributed by atoms with Crippen molar-refractivity contribution in [2.75, 3.05) is 0 Å². The van der Waals surface area contributed by atoms with E-state index < -0.39 is 35.0 Å². The van der Waals surface area contributed by atoms with Gasteiger partial charge in [0, 0.05) is 20.9 Å². The molecule has 0 atom stereocenters. The van der Waals surface area contributed by atoms with E-state index in [1.165, 1.54) is 0 Å². The number of hydrogen-bond acceptors (Lipinski definition) is 6. The number of benzene rings is 2. The summed E-state index contributed by atoms with van der Waals surface area (Å²) in [5.41, 5.74) is 3.31. The minimum atomic E-state index is -4.00. The quantitative estimate of drug-likeness (QED) is 0.170. The van der Waals surface area contributed by atoms with Crippen molar-refractivity contribution < 1.29 is 36.7 Å². The Balaban J connectivity index is 0.000000972. The number of carbonyl (C=O) groups is 4. The number of carbonyl (C=O) groups excluding carboxylic acids is 4. The van der Waals surface area contributed by atoms with Crippen LogP contribution in [0.2, 0.25) is 0 Å². The molecule has 0 aliphatic heterocycles. The summed E-state index contributed by atoms with van der Waals surface area (Å²) in [5, 5.41) is 0. The largest absolute Gasteiger partial charge is 0.372 e. The Kier molecular flexibility index (Phi) is 8.28. The predicted molar refractivity (Wildman–Crippen MR) is 158 cm³/mol. The third-order valence-corrected chi connectivity index (χ3v) is 9.61. The fourth-order valence-corrected chi connectivity index (χ4v) is 7.44. The van der Waals surface area contributed by atoms with E-state index in [9.17, 15) is 36.7 Å². The van der Waals surface area contributed by atoms with E-state index in [0.29, 0.717) is 32.0 Å². The third kappa shape index (κ3) is 4.48. The van der Waals surface area contributed by atoms with Crippen LogP contribution in [0.1, 0.15) is 78.9 Å². The molecule has 0 fully saturated rings. The van der Waals surface area contributed by atoms with Gasteiger partial charge in [0.25, 0.3) is 11.6 Å². The highest BCUT2D eigenvalue weighted by Crippen LogP contribution is 2.47. The molecule has 2 aliphatic rings. The molecule has 0 saturated heterocycles. The molecule has 0 N–H and O–H groups in total. The molecule has 0 spiro atoms. The van der Waals surface area contributed by atoms with Gasteiger partial charge in [-0.25, -0.2) is 0 Å². The van der Waals surface area contributed by atoms with Crippen molar-refractivity contribution in [3.8, 4) is 32.0 Å². The highest BCUT2D eigenvalue weighted by molar-refractivity contribution is 7.19.